The van der Waals surface area contributed by atoms with Crippen LogP contribution in [0.15, 0.2) is 29.3 Å². The van der Waals surface area contributed by atoms with E-state index < -0.39 is 0 Å². The largest absolute Gasteiger partial charge is 0.504 e. The molecule has 1 aromatic carbocycles. The number of thioether (sulfide) groups is 1. The van der Waals surface area contributed by atoms with Crippen molar-refractivity contribution in [1.29, 1.82) is 0 Å². The SMILES string of the molecule is CSc1c(O)c(O)cc2ncccc12. The lowest BCUT2D eigenvalue weighted by Crippen LogP contribution is -1.82. The lowest BCUT2D eigenvalue weighted by Gasteiger charge is -2.07. The lowest BCUT2D eigenvalue weighted by molar-refractivity contribution is 0.396. The molecular formula is C10H9NO2S. The Morgan fingerprint density at radius 3 is 2.86 bits per heavy atom. The molecule has 14 heavy (non-hydrogen) atoms. The number of rotatable bonds is 1. The number of hydrogen-bond donors (Lipinski definition) is 2. The molecule has 0 spiro atoms. The Hall–Kier alpha value is -1.42. The molecule has 0 amide bonds. The predicted octanol–water partition coefficient (Wildman–Crippen LogP) is 2.37. The van der Waals surface area contributed by atoms with Crippen LogP contribution in [0.2, 0.25) is 0 Å². The van der Waals surface area contributed by atoms with Gasteiger partial charge in [-0.25, -0.2) is 0 Å². The summed E-state index contributed by atoms with van der Waals surface area (Å²) >= 11 is 1.39. The van der Waals surface area contributed by atoms with Gasteiger partial charge in [-0.2, -0.15) is 0 Å². The Bertz CT molecular complexity index is 485. The highest BCUT2D eigenvalue weighted by Gasteiger charge is 2.11. The van der Waals surface area contributed by atoms with Crippen LogP contribution in [0.1, 0.15) is 0 Å². The molecule has 72 valence electrons. The van der Waals surface area contributed by atoms with Gasteiger partial charge in [0.1, 0.15) is 0 Å². The third-order valence-electron chi connectivity index (χ3n) is 2.02. The molecule has 2 rings (SSSR count). The summed E-state index contributed by atoms with van der Waals surface area (Å²) in [4.78, 5) is 4.77. The highest BCUT2D eigenvalue weighted by molar-refractivity contribution is 7.99. The first-order chi connectivity index (χ1) is 6.74. The van der Waals surface area contributed by atoms with Crippen LogP contribution in [0.5, 0.6) is 11.5 Å². The highest BCUT2D eigenvalue weighted by atomic mass is 32.2. The second-order valence-corrected chi connectivity index (χ2v) is 3.66. The van der Waals surface area contributed by atoms with Gasteiger partial charge in [-0.15, -0.1) is 11.8 Å². The molecule has 3 nitrogen and oxygen atoms in total. The first-order valence-electron chi connectivity index (χ1n) is 4.07. The zero-order valence-electron chi connectivity index (χ0n) is 7.56. The first kappa shape index (κ1) is 9.15. The molecule has 0 radical (unpaired) electrons. The number of aromatic nitrogens is 1. The van der Waals surface area contributed by atoms with Crippen molar-refractivity contribution in [3.8, 4) is 11.5 Å². The molecule has 1 heterocycles. The summed E-state index contributed by atoms with van der Waals surface area (Å²) in [5.74, 6) is -0.196. The second kappa shape index (κ2) is 3.38. The van der Waals surface area contributed by atoms with Crippen LogP contribution >= 0.6 is 11.8 Å². The molecule has 2 aromatic rings. The Morgan fingerprint density at radius 1 is 1.36 bits per heavy atom. The van der Waals surface area contributed by atoms with Crippen molar-refractivity contribution in [3.63, 3.8) is 0 Å². The van der Waals surface area contributed by atoms with Gasteiger partial charge in [-0.05, 0) is 12.3 Å². The number of pyridine rings is 1. The number of aromatic hydroxyl groups is 2. The summed E-state index contributed by atoms with van der Waals surface area (Å²) in [5, 5.41) is 19.9. The fourth-order valence-corrected chi connectivity index (χ4v) is 2.06. The van der Waals surface area contributed by atoms with Crippen LogP contribution in [-0.4, -0.2) is 21.5 Å². The van der Waals surface area contributed by atoms with Crippen LogP contribution < -0.4 is 0 Å². The van der Waals surface area contributed by atoms with E-state index in [0.717, 1.165) is 5.39 Å². The zero-order chi connectivity index (χ0) is 10.1. The van der Waals surface area contributed by atoms with Crippen molar-refractivity contribution in [2.45, 2.75) is 4.90 Å². The van der Waals surface area contributed by atoms with Crippen LogP contribution in [-0.2, 0) is 0 Å². The minimum atomic E-state index is -0.124. The summed E-state index contributed by atoms with van der Waals surface area (Å²) in [6.45, 7) is 0. The van der Waals surface area contributed by atoms with E-state index >= 15 is 0 Å². The number of nitrogens with zero attached hydrogens (tertiary/aromatic N) is 1. The molecule has 0 saturated heterocycles. The van der Waals surface area contributed by atoms with E-state index in [0.29, 0.717) is 10.4 Å². The minimum absolute atomic E-state index is 0.0713. The maximum Gasteiger partial charge on any atom is 0.172 e. The summed E-state index contributed by atoms with van der Waals surface area (Å²) in [7, 11) is 0. The minimum Gasteiger partial charge on any atom is -0.504 e. The Balaban J connectivity index is 2.89. The molecule has 0 aliphatic rings. The standard InChI is InChI=1S/C10H9NO2S/c1-14-10-6-3-2-4-11-7(6)5-8(12)9(10)13/h2-5,12-13H,1H3. The van der Waals surface area contributed by atoms with E-state index in [4.69, 9.17) is 0 Å². The Morgan fingerprint density at radius 2 is 2.14 bits per heavy atom. The number of phenolic OH excluding ortho intramolecular Hbond substituents is 2. The zero-order valence-corrected chi connectivity index (χ0v) is 8.38. The van der Waals surface area contributed by atoms with Gasteiger partial charge in [-0.1, -0.05) is 6.07 Å². The van der Waals surface area contributed by atoms with Gasteiger partial charge >= 0.3 is 0 Å². The molecule has 0 atom stereocenters. The Labute approximate surface area is 85.4 Å². The lowest BCUT2D eigenvalue weighted by atomic mass is 10.2. The van der Waals surface area contributed by atoms with Crippen LogP contribution in [0, 0.1) is 0 Å². The quantitative estimate of drug-likeness (QED) is 0.556. The number of benzene rings is 1. The molecule has 0 fully saturated rings. The smallest absolute Gasteiger partial charge is 0.172 e. The van der Waals surface area contributed by atoms with Crippen LogP contribution in [0.3, 0.4) is 0 Å². The van der Waals surface area contributed by atoms with E-state index in [1.54, 1.807) is 12.3 Å². The molecule has 2 N–H and O–H groups in total. The maximum atomic E-state index is 9.60. The van der Waals surface area contributed by atoms with Crippen molar-refractivity contribution < 1.29 is 10.2 Å². The van der Waals surface area contributed by atoms with E-state index in [2.05, 4.69) is 4.98 Å². The van der Waals surface area contributed by atoms with Crippen molar-refractivity contribution in [2.24, 2.45) is 0 Å². The predicted molar refractivity (Wildman–Crippen MR) is 56.9 cm³/mol. The van der Waals surface area contributed by atoms with Crippen molar-refractivity contribution in [3.05, 3.63) is 24.4 Å². The highest BCUT2D eigenvalue weighted by Crippen LogP contribution is 2.40. The summed E-state index contributed by atoms with van der Waals surface area (Å²) in [6.07, 6.45) is 3.50. The van der Waals surface area contributed by atoms with E-state index in [9.17, 15) is 10.2 Å². The summed E-state index contributed by atoms with van der Waals surface area (Å²) < 4.78 is 0. The average Bonchev–Trinajstić information content (AvgIpc) is 2.20. The van der Waals surface area contributed by atoms with Crippen molar-refractivity contribution in [2.75, 3.05) is 6.26 Å². The fraction of sp³-hybridized carbons (Fsp3) is 0.100. The normalized spacial score (nSPS) is 10.6. The first-order valence-corrected chi connectivity index (χ1v) is 5.30. The van der Waals surface area contributed by atoms with E-state index in [-0.39, 0.29) is 11.5 Å². The van der Waals surface area contributed by atoms with E-state index in [1.807, 2.05) is 12.3 Å². The average molecular weight is 207 g/mol. The Kier molecular flexibility index (Phi) is 2.21. The second-order valence-electron chi connectivity index (χ2n) is 2.85. The molecule has 0 saturated carbocycles. The van der Waals surface area contributed by atoms with Gasteiger partial charge in [-0.3, -0.25) is 4.98 Å². The molecule has 0 bridgehead atoms. The molecule has 0 aliphatic carbocycles. The molecular weight excluding hydrogens is 198 g/mol. The number of phenols is 2. The third kappa shape index (κ3) is 1.28. The monoisotopic (exact) mass is 207 g/mol. The van der Waals surface area contributed by atoms with Gasteiger partial charge in [0.25, 0.3) is 0 Å². The van der Waals surface area contributed by atoms with Gasteiger partial charge in [0.2, 0.25) is 0 Å². The fourth-order valence-electron chi connectivity index (χ4n) is 1.37. The third-order valence-corrected chi connectivity index (χ3v) is 2.84. The van der Waals surface area contributed by atoms with Gasteiger partial charge < -0.3 is 10.2 Å². The molecule has 4 heteroatoms. The van der Waals surface area contributed by atoms with Crippen molar-refractivity contribution >= 4 is 22.7 Å². The molecule has 0 aliphatic heterocycles. The maximum absolute atomic E-state index is 9.60. The van der Waals surface area contributed by atoms with Crippen LogP contribution in [0.25, 0.3) is 10.9 Å². The van der Waals surface area contributed by atoms with Crippen molar-refractivity contribution in [1.82, 2.24) is 4.98 Å². The summed E-state index contributed by atoms with van der Waals surface area (Å²) in [5.41, 5.74) is 0.687. The summed E-state index contributed by atoms with van der Waals surface area (Å²) in [6, 6.07) is 5.14. The number of fused-ring (bicyclic) bond motifs is 1. The topological polar surface area (TPSA) is 53.4 Å². The number of hydrogen-bond acceptors (Lipinski definition) is 4. The van der Waals surface area contributed by atoms with Gasteiger partial charge in [0.15, 0.2) is 11.5 Å². The molecule has 1 aromatic heterocycles. The molecule has 0 unspecified atom stereocenters. The van der Waals surface area contributed by atoms with E-state index in [1.165, 1.54) is 17.8 Å². The van der Waals surface area contributed by atoms with Crippen LogP contribution in [0.4, 0.5) is 0 Å². The van der Waals surface area contributed by atoms with Gasteiger partial charge in [0.05, 0.1) is 10.4 Å². The van der Waals surface area contributed by atoms with Gasteiger partial charge in [0, 0.05) is 17.6 Å².